The summed E-state index contributed by atoms with van der Waals surface area (Å²) in [5.41, 5.74) is 2.10. The first-order valence-corrected chi connectivity index (χ1v) is 7.22. The van der Waals surface area contributed by atoms with Gasteiger partial charge in [0.2, 0.25) is 0 Å². The van der Waals surface area contributed by atoms with E-state index in [1.165, 1.54) is 24.3 Å². The van der Waals surface area contributed by atoms with Gasteiger partial charge in [-0.05, 0) is 55.0 Å². The maximum Gasteiger partial charge on any atom is 0.573 e. The number of hydrogen-bond acceptors (Lipinski definition) is 2. The van der Waals surface area contributed by atoms with E-state index >= 15 is 0 Å². The first-order chi connectivity index (χ1) is 10.7. The molecule has 23 heavy (non-hydrogen) atoms. The van der Waals surface area contributed by atoms with Crippen LogP contribution in [0.5, 0.6) is 5.75 Å². The van der Waals surface area contributed by atoms with Crippen molar-refractivity contribution in [1.29, 1.82) is 0 Å². The van der Waals surface area contributed by atoms with Crippen LogP contribution in [-0.2, 0) is 0 Å². The van der Waals surface area contributed by atoms with Crippen LogP contribution in [-0.4, -0.2) is 11.5 Å². The molecule has 8 heteroatoms. The molecule has 2 rings (SSSR count). The number of anilines is 2. The van der Waals surface area contributed by atoms with Gasteiger partial charge in [-0.15, -0.1) is 13.2 Å². The van der Waals surface area contributed by atoms with Crippen molar-refractivity contribution in [2.45, 2.75) is 13.3 Å². The quantitative estimate of drug-likeness (QED) is 0.722. The molecule has 0 fully saturated rings. The summed E-state index contributed by atoms with van der Waals surface area (Å²) in [6.07, 6.45) is -4.71. The zero-order valence-electron chi connectivity index (χ0n) is 11.9. The van der Waals surface area contributed by atoms with E-state index in [9.17, 15) is 13.2 Å². The molecule has 0 aliphatic rings. The van der Waals surface area contributed by atoms with Crippen LogP contribution in [0.2, 0.25) is 5.02 Å². The van der Waals surface area contributed by atoms with E-state index in [0.29, 0.717) is 16.4 Å². The molecule has 0 amide bonds. The van der Waals surface area contributed by atoms with Gasteiger partial charge >= 0.3 is 6.36 Å². The molecule has 3 nitrogen and oxygen atoms in total. The number of alkyl halides is 3. The topological polar surface area (TPSA) is 33.3 Å². The molecular weight excluding hydrogens is 349 g/mol. The van der Waals surface area contributed by atoms with Gasteiger partial charge in [0.05, 0.1) is 10.7 Å². The van der Waals surface area contributed by atoms with Crippen LogP contribution in [0, 0.1) is 6.92 Å². The van der Waals surface area contributed by atoms with Crippen LogP contribution >= 0.6 is 23.8 Å². The Labute approximate surface area is 141 Å². The number of thiocarbonyl (C=S) groups is 1. The lowest BCUT2D eigenvalue weighted by Crippen LogP contribution is -2.20. The Kier molecular flexibility index (Phi) is 5.33. The van der Waals surface area contributed by atoms with Gasteiger partial charge in [0, 0.05) is 5.69 Å². The molecule has 0 heterocycles. The molecule has 2 aromatic carbocycles. The molecule has 0 saturated carbocycles. The maximum absolute atomic E-state index is 12.1. The van der Waals surface area contributed by atoms with Gasteiger partial charge in [0.25, 0.3) is 0 Å². The summed E-state index contributed by atoms with van der Waals surface area (Å²) in [5, 5.41) is 6.60. The zero-order chi connectivity index (χ0) is 17.0. The van der Waals surface area contributed by atoms with Crippen molar-refractivity contribution in [2.75, 3.05) is 10.6 Å². The van der Waals surface area contributed by atoms with Crippen LogP contribution in [0.3, 0.4) is 0 Å². The average Bonchev–Trinajstić information content (AvgIpc) is 2.44. The fraction of sp³-hybridized carbons (Fsp3) is 0.133. The van der Waals surface area contributed by atoms with Crippen molar-refractivity contribution >= 4 is 40.3 Å². The first-order valence-electron chi connectivity index (χ1n) is 6.43. The standard InChI is InChI=1S/C15H12ClF3N2OS/c1-9-3-2-4-12(16)13(9)21-14(23)20-10-5-7-11(8-6-10)22-15(17,18)19/h2-8H,1H3,(H2,20,21,23). The van der Waals surface area contributed by atoms with Gasteiger partial charge < -0.3 is 15.4 Å². The lowest BCUT2D eigenvalue weighted by Gasteiger charge is -2.14. The largest absolute Gasteiger partial charge is 0.573 e. The van der Waals surface area contributed by atoms with E-state index in [2.05, 4.69) is 15.4 Å². The van der Waals surface area contributed by atoms with Crippen molar-refractivity contribution in [2.24, 2.45) is 0 Å². The lowest BCUT2D eigenvalue weighted by molar-refractivity contribution is -0.274. The highest BCUT2D eigenvalue weighted by Gasteiger charge is 2.30. The van der Waals surface area contributed by atoms with Crippen LogP contribution in [0.1, 0.15) is 5.56 Å². The lowest BCUT2D eigenvalue weighted by atomic mass is 10.2. The van der Waals surface area contributed by atoms with Crippen LogP contribution in [0.4, 0.5) is 24.5 Å². The van der Waals surface area contributed by atoms with E-state index in [1.54, 1.807) is 6.07 Å². The van der Waals surface area contributed by atoms with E-state index in [-0.39, 0.29) is 10.9 Å². The molecule has 0 aromatic heterocycles. The number of benzene rings is 2. The fourth-order valence-corrected chi connectivity index (χ4v) is 2.30. The highest BCUT2D eigenvalue weighted by Crippen LogP contribution is 2.26. The van der Waals surface area contributed by atoms with Gasteiger partial charge in [0.15, 0.2) is 5.11 Å². The fourth-order valence-electron chi connectivity index (χ4n) is 1.81. The number of ether oxygens (including phenoxy) is 1. The molecular formula is C15H12ClF3N2OS. The molecule has 0 aliphatic carbocycles. The molecule has 0 saturated heterocycles. The number of aryl methyl sites for hydroxylation is 1. The zero-order valence-corrected chi connectivity index (χ0v) is 13.4. The average molecular weight is 361 g/mol. The highest BCUT2D eigenvalue weighted by molar-refractivity contribution is 7.80. The Morgan fingerprint density at radius 2 is 1.74 bits per heavy atom. The Morgan fingerprint density at radius 1 is 1.09 bits per heavy atom. The van der Waals surface area contributed by atoms with Gasteiger partial charge in [-0.25, -0.2) is 0 Å². The van der Waals surface area contributed by atoms with Crippen molar-refractivity contribution in [3.05, 3.63) is 53.1 Å². The number of halogens is 4. The van der Waals surface area contributed by atoms with E-state index in [0.717, 1.165) is 5.56 Å². The molecule has 0 aliphatic heterocycles. The molecule has 0 atom stereocenters. The van der Waals surface area contributed by atoms with Crippen LogP contribution in [0.15, 0.2) is 42.5 Å². The van der Waals surface area contributed by atoms with Crippen molar-refractivity contribution in [3.8, 4) is 5.75 Å². The predicted octanol–water partition coefficient (Wildman–Crippen LogP) is 5.36. The Balaban J connectivity index is 2.00. The number of rotatable bonds is 3. The summed E-state index contributed by atoms with van der Waals surface area (Å²) in [5.74, 6) is -0.302. The van der Waals surface area contributed by atoms with Crippen molar-refractivity contribution in [3.63, 3.8) is 0 Å². The second-order valence-corrected chi connectivity index (χ2v) is 5.40. The molecule has 0 unspecified atom stereocenters. The van der Waals surface area contributed by atoms with Crippen molar-refractivity contribution in [1.82, 2.24) is 0 Å². The molecule has 122 valence electrons. The molecule has 0 radical (unpaired) electrons. The van der Waals surface area contributed by atoms with Gasteiger partial charge in [-0.3, -0.25) is 0 Å². The number of nitrogens with one attached hydrogen (secondary N) is 2. The van der Waals surface area contributed by atoms with Crippen LogP contribution < -0.4 is 15.4 Å². The summed E-state index contributed by atoms with van der Waals surface area (Å²) in [7, 11) is 0. The normalized spacial score (nSPS) is 11.0. The maximum atomic E-state index is 12.1. The van der Waals surface area contributed by atoms with Gasteiger partial charge in [-0.2, -0.15) is 0 Å². The third kappa shape index (κ3) is 5.30. The summed E-state index contributed by atoms with van der Waals surface area (Å²) in [4.78, 5) is 0. The second-order valence-electron chi connectivity index (χ2n) is 4.58. The summed E-state index contributed by atoms with van der Waals surface area (Å²) in [6.45, 7) is 1.88. The summed E-state index contributed by atoms with van der Waals surface area (Å²) >= 11 is 11.3. The van der Waals surface area contributed by atoms with E-state index < -0.39 is 6.36 Å². The molecule has 0 spiro atoms. The number of para-hydroxylation sites is 1. The SMILES string of the molecule is Cc1cccc(Cl)c1NC(=S)Nc1ccc(OC(F)(F)F)cc1. The molecule has 0 bridgehead atoms. The Hall–Kier alpha value is -1.99. The minimum atomic E-state index is -4.71. The van der Waals surface area contributed by atoms with Gasteiger partial charge in [-0.1, -0.05) is 23.7 Å². The minimum Gasteiger partial charge on any atom is -0.406 e. The molecule has 2 N–H and O–H groups in total. The third-order valence-electron chi connectivity index (χ3n) is 2.81. The van der Waals surface area contributed by atoms with Crippen LogP contribution in [0.25, 0.3) is 0 Å². The van der Waals surface area contributed by atoms with Gasteiger partial charge in [0.1, 0.15) is 5.75 Å². The Morgan fingerprint density at radius 3 is 2.30 bits per heavy atom. The summed E-state index contributed by atoms with van der Waals surface area (Å²) < 4.78 is 40.1. The summed E-state index contributed by atoms with van der Waals surface area (Å²) in [6, 6.07) is 10.7. The van der Waals surface area contributed by atoms with E-state index in [4.69, 9.17) is 23.8 Å². The highest BCUT2D eigenvalue weighted by atomic mass is 35.5. The van der Waals surface area contributed by atoms with E-state index in [1.807, 2.05) is 19.1 Å². The second kappa shape index (κ2) is 7.06. The number of hydrogen-bond donors (Lipinski definition) is 2. The minimum absolute atomic E-state index is 0.269. The third-order valence-corrected chi connectivity index (χ3v) is 3.33. The monoisotopic (exact) mass is 360 g/mol. The molecule has 2 aromatic rings. The predicted molar refractivity (Wildman–Crippen MR) is 89.2 cm³/mol. The van der Waals surface area contributed by atoms with Crippen molar-refractivity contribution < 1.29 is 17.9 Å². The smallest absolute Gasteiger partial charge is 0.406 e. The first kappa shape index (κ1) is 17.4. The Bertz CT molecular complexity index is 685.